The van der Waals surface area contributed by atoms with Gasteiger partial charge in [0, 0.05) is 24.0 Å². The monoisotopic (exact) mass is 267 g/mol. The van der Waals surface area contributed by atoms with E-state index in [-0.39, 0.29) is 22.1 Å². The number of nitrogens with zero attached hydrogens (tertiary/aromatic N) is 3. The third-order valence-corrected chi connectivity index (χ3v) is 2.49. The molecule has 2 aromatic heterocycles. The molecule has 0 bridgehead atoms. The molecule has 0 saturated heterocycles. The SMILES string of the molecule is Cc1ccc([N+](=O)[O-])c(-c2cnc(Cl)cc2F)n1. The Balaban J connectivity index is 2.69. The van der Waals surface area contributed by atoms with E-state index < -0.39 is 10.7 Å². The molecule has 7 heteroatoms. The van der Waals surface area contributed by atoms with Crippen LogP contribution in [0.3, 0.4) is 0 Å². The summed E-state index contributed by atoms with van der Waals surface area (Å²) in [6.45, 7) is 1.66. The van der Waals surface area contributed by atoms with Gasteiger partial charge in [0.05, 0.1) is 10.5 Å². The van der Waals surface area contributed by atoms with E-state index in [0.29, 0.717) is 5.69 Å². The number of hydrogen-bond donors (Lipinski definition) is 0. The molecule has 0 N–H and O–H groups in total. The van der Waals surface area contributed by atoms with Crippen LogP contribution in [-0.4, -0.2) is 14.9 Å². The number of rotatable bonds is 2. The minimum atomic E-state index is -0.698. The van der Waals surface area contributed by atoms with Gasteiger partial charge in [0.1, 0.15) is 11.0 Å². The van der Waals surface area contributed by atoms with E-state index in [2.05, 4.69) is 9.97 Å². The van der Waals surface area contributed by atoms with E-state index >= 15 is 0 Å². The highest BCUT2D eigenvalue weighted by Gasteiger charge is 2.20. The summed E-state index contributed by atoms with van der Waals surface area (Å²) in [5.41, 5.74) is 0.171. The standard InChI is InChI=1S/C11H7ClFN3O2/c1-6-2-3-9(16(17)18)11(15-6)7-5-14-10(12)4-8(7)13/h2-5H,1H3. The van der Waals surface area contributed by atoms with Crippen molar-refractivity contribution in [3.05, 3.63) is 51.2 Å². The van der Waals surface area contributed by atoms with Gasteiger partial charge in [0.15, 0.2) is 5.69 Å². The van der Waals surface area contributed by atoms with Gasteiger partial charge in [-0.15, -0.1) is 0 Å². The third kappa shape index (κ3) is 2.28. The van der Waals surface area contributed by atoms with Gasteiger partial charge in [0.25, 0.3) is 5.69 Å². The zero-order chi connectivity index (χ0) is 13.3. The summed E-state index contributed by atoms with van der Waals surface area (Å²) in [6, 6.07) is 3.76. The van der Waals surface area contributed by atoms with Crippen LogP contribution in [0.5, 0.6) is 0 Å². The Kier molecular flexibility index (Phi) is 3.20. The van der Waals surface area contributed by atoms with Crippen molar-refractivity contribution in [2.45, 2.75) is 6.92 Å². The third-order valence-electron chi connectivity index (χ3n) is 2.29. The molecule has 2 aromatic rings. The Labute approximate surface area is 106 Å². The second-order valence-electron chi connectivity index (χ2n) is 3.56. The number of nitro groups is 1. The fraction of sp³-hybridized carbons (Fsp3) is 0.0909. The Morgan fingerprint density at radius 3 is 2.78 bits per heavy atom. The summed E-state index contributed by atoms with van der Waals surface area (Å²) < 4.78 is 13.7. The molecule has 0 aliphatic rings. The van der Waals surface area contributed by atoms with Crippen LogP contribution in [0.25, 0.3) is 11.3 Å². The summed E-state index contributed by atoms with van der Waals surface area (Å²) >= 11 is 5.53. The van der Waals surface area contributed by atoms with Crippen LogP contribution in [0, 0.1) is 22.9 Å². The lowest BCUT2D eigenvalue weighted by molar-refractivity contribution is -0.384. The Bertz CT molecular complexity index is 634. The lowest BCUT2D eigenvalue weighted by atomic mass is 10.1. The molecule has 18 heavy (non-hydrogen) atoms. The summed E-state index contributed by atoms with van der Waals surface area (Å²) in [4.78, 5) is 18.0. The minimum absolute atomic E-state index is 0.0217. The number of hydrogen-bond acceptors (Lipinski definition) is 4. The first-order valence-corrected chi connectivity index (χ1v) is 5.30. The van der Waals surface area contributed by atoms with E-state index in [0.717, 1.165) is 12.3 Å². The quantitative estimate of drug-likeness (QED) is 0.476. The van der Waals surface area contributed by atoms with Crippen LogP contribution in [0.1, 0.15) is 5.69 Å². The van der Waals surface area contributed by atoms with Crippen molar-refractivity contribution in [2.24, 2.45) is 0 Å². The molecule has 0 amide bonds. The van der Waals surface area contributed by atoms with Gasteiger partial charge in [-0.1, -0.05) is 11.6 Å². The smallest absolute Gasteiger partial charge is 0.258 e. The van der Waals surface area contributed by atoms with Crippen LogP contribution in [0.15, 0.2) is 24.4 Å². The maximum absolute atomic E-state index is 13.7. The van der Waals surface area contributed by atoms with Crippen molar-refractivity contribution in [2.75, 3.05) is 0 Å². The molecular formula is C11H7ClFN3O2. The number of aryl methyl sites for hydroxylation is 1. The van der Waals surface area contributed by atoms with Crippen LogP contribution < -0.4 is 0 Å². The highest BCUT2D eigenvalue weighted by Crippen LogP contribution is 2.30. The van der Waals surface area contributed by atoms with Crippen LogP contribution in [0.4, 0.5) is 10.1 Å². The highest BCUT2D eigenvalue weighted by atomic mass is 35.5. The molecule has 0 saturated carbocycles. The second-order valence-corrected chi connectivity index (χ2v) is 3.95. The maximum Gasteiger partial charge on any atom is 0.295 e. The van der Waals surface area contributed by atoms with Crippen molar-refractivity contribution < 1.29 is 9.31 Å². The van der Waals surface area contributed by atoms with Crippen molar-refractivity contribution in [3.63, 3.8) is 0 Å². The zero-order valence-corrected chi connectivity index (χ0v) is 9.98. The largest absolute Gasteiger partial charge is 0.295 e. The first-order chi connectivity index (χ1) is 8.49. The van der Waals surface area contributed by atoms with Crippen LogP contribution in [0.2, 0.25) is 5.15 Å². The van der Waals surface area contributed by atoms with Gasteiger partial charge in [0.2, 0.25) is 0 Å². The molecule has 2 heterocycles. The minimum Gasteiger partial charge on any atom is -0.258 e. The molecule has 2 rings (SSSR count). The van der Waals surface area contributed by atoms with E-state index in [4.69, 9.17) is 11.6 Å². The van der Waals surface area contributed by atoms with Gasteiger partial charge >= 0.3 is 0 Å². The molecular weight excluding hydrogens is 261 g/mol. The Hall–Kier alpha value is -2.08. The fourth-order valence-electron chi connectivity index (χ4n) is 1.48. The number of aromatic nitrogens is 2. The van der Waals surface area contributed by atoms with Gasteiger partial charge in [-0.25, -0.2) is 14.4 Å². The van der Waals surface area contributed by atoms with Crippen molar-refractivity contribution in [3.8, 4) is 11.3 Å². The molecule has 0 atom stereocenters. The van der Waals surface area contributed by atoms with Crippen molar-refractivity contribution in [1.29, 1.82) is 0 Å². The van der Waals surface area contributed by atoms with Gasteiger partial charge in [-0.3, -0.25) is 10.1 Å². The number of halogens is 2. The predicted octanol–water partition coefficient (Wildman–Crippen LogP) is 3.15. The molecule has 92 valence electrons. The van der Waals surface area contributed by atoms with Gasteiger partial charge in [-0.05, 0) is 13.0 Å². The maximum atomic E-state index is 13.7. The molecule has 0 aromatic carbocycles. The lowest BCUT2D eigenvalue weighted by Crippen LogP contribution is -1.98. The van der Waals surface area contributed by atoms with E-state index in [1.165, 1.54) is 12.1 Å². The topological polar surface area (TPSA) is 68.9 Å². The van der Waals surface area contributed by atoms with Crippen LogP contribution in [-0.2, 0) is 0 Å². The van der Waals surface area contributed by atoms with Gasteiger partial charge in [-0.2, -0.15) is 0 Å². The Morgan fingerprint density at radius 2 is 2.17 bits per heavy atom. The molecule has 0 radical (unpaired) electrons. The molecule has 0 aliphatic carbocycles. The average molecular weight is 268 g/mol. The number of pyridine rings is 2. The molecule has 0 spiro atoms. The second kappa shape index (κ2) is 4.66. The highest BCUT2D eigenvalue weighted by molar-refractivity contribution is 6.29. The molecule has 0 fully saturated rings. The summed E-state index contributed by atoms with van der Waals surface area (Å²) in [5.74, 6) is -0.698. The summed E-state index contributed by atoms with van der Waals surface area (Å²) in [5, 5.41) is 10.9. The van der Waals surface area contributed by atoms with Crippen LogP contribution >= 0.6 is 11.6 Å². The normalized spacial score (nSPS) is 10.4. The fourth-order valence-corrected chi connectivity index (χ4v) is 1.62. The van der Waals surface area contributed by atoms with Gasteiger partial charge < -0.3 is 0 Å². The Morgan fingerprint density at radius 1 is 1.44 bits per heavy atom. The van der Waals surface area contributed by atoms with E-state index in [1.807, 2.05) is 0 Å². The first-order valence-electron chi connectivity index (χ1n) is 4.92. The van der Waals surface area contributed by atoms with Crippen molar-refractivity contribution in [1.82, 2.24) is 9.97 Å². The predicted molar refractivity (Wildman–Crippen MR) is 63.8 cm³/mol. The van der Waals surface area contributed by atoms with E-state index in [1.54, 1.807) is 6.92 Å². The summed E-state index contributed by atoms with van der Waals surface area (Å²) in [7, 11) is 0. The lowest BCUT2D eigenvalue weighted by Gasteiger charge is -2.04. The zero-order valence-electron chi connectivity index (χ0n) is 9.22. The average Bonchev–Trinajstić information content (AvgIpc) is 2.28. The summed E-state index contributed by atoms with van der Waals surface area (Å²) in [6.07, 6.45) is 1.13. The molecule has 0 unspecified atom stereocenters. The molecule has 5 nitrogen and oxygen atoms in total. The van der Waals surface area contributed by atoms with E-state index in [9.17, 15) is 14.5 Å². The van der Waals surface area contributed by atoms with Crippen molar-refractivity contribution >= 4 is 17.3 Å². The molecule has 0 aliphatic heterocycles. The first kappa shape index (κ1) is 12.4.